The van der Waals surface area contributed by atoms with Gasteiger partial charge in [0, 0.05) is 0 Å². The molecule has 3 rings (SSSR count). The first-order chi connectivity index (χ1) is 8.95. The Morgan fingerprint density at radius 2 is 2.05 bits per heavy atom. The van der Waals surface area contributed by atoms with Gasteiger partial charge in [0.05, 0.1) is 22.3 Å². The molecule has 19 heavy (non-hydrogen) atoms. The molecule has 3 aromatic rings. The van der Waals surface area contributed by atoms with Crippen LogP contribution in [0.5, 0.6) is 0 Å². The molecule has 1 aromatic carbocycles. The minimum atomic E-state index is -4.37. The van der Waals surface area contributed by atoms with Crippen LogP contribution in [-0.4, -0.2) is 15.0 Å². The van der Waals surface area contributed by atoms with Crippen LogP contribution >= 0.6 is 0 Å². The maximum Gasteiger partial charge on any atom is 0.416 e. The van der Waals surface area contributed by atoms with E-state index in [2.05, 4.69) is 15.0 Å². The first kappa shape index (κ1) is 11.8. The van der Waals surface area contributed by atoms with Crippen LogP contribution in [-0.2, 0) is 6.18 Å². The molecule has 4 nitrogen and oxygen atoms in total. The third-order valence-electron chi connectivity index (χ3n) is 2.77. The molecule has 7 heteroatoms. The van der Waals surface area contributed by atoms with E-state index in [4.69, 9.17) is 4.42 Å². The van der Waals surface area contributed by atoms with Crippen molar-refractivity contribution in [3.63, 3.8) is 0 Å². The Balaban J connectivity index is 2.14. The van der Waals surface area contributed by atoms with Crippen LogP contribution in [0.3, 0.4) is 0 Å². The van der Waals surface area contributed by atoms with Gasteiger partial charge in [-0.1, -0.05) is 0 Å². The molecule has 0 bridgehead atoms. The fourth-order valence-electron chi connectivity index (χ4n) is 1.82. The van der Waals surface area contributed by atoms with Crippen molar-refractivity contribution < 1.29 is 17.6 Å². The van der Waals surface area contributed by atoms with Crippen molar-refractivity contribution in [3.05, 3.63) is 35.9 Å². The fourth-order valence-corrected chi connectivity index (χ4v) is 1.82. The van der Waals surface area contributed by atoms with Gasteiger partial charge >= 0.3 is 6.18 Å². The third-order valence-corrected chi connectivity index (χ3v) is 2.77. The number of fused-ring (bicyclic) bond motifs is 1. The van der Waals surface area contributed by atoms with E-state index >= 15 is 0 Å². The van der Waals surface area contributed by atoms with Crippen molar-refractivity contribution in [2.45, 2.75) is 13.1 Å². The molecule has 0 aliphatic rings. The van der Waals surface area contributed by atoms with E-state index in [1.165, 1.54) is 12.5 Å². The summed E-state index contributed by atoms with van der Waals surface area (Å²) in [7, 11) is 0. The monoisotopic (exact) mass is 267 g/mol. The molecule has 0 fully saturated rings. The Hall–Kier alpha value is -2.31. The third kappa shape index (κ3) is 1.96. The summed E-state index contributed by atoms with van der Waals surface area (Å²) in [6.07, 6.45) is -3.11. The van der Waals surface area contributed by atoms with Gasteiger partial charge in [-0.05, 0) is 25.1 Å². The highest BCUT2D eigenvalue weighted by Gasteiger charge is 2.30. The summed E-state index contributed by atoms with van der Waals surface area (Å²) >= 11 is 0. The van der Waals surface area contributed by atoms with E-state index in [0.717, 1.165) is 12.1 Å². The first-order valence-electron chi connectivity index (χ1n) is 5.42. The standard InChI is InChI=1S/C12H8F3N3O/c1-6-10(19-5-16-6)11-17-8-3-2-7(12(13,14)15)4-9(8)18-11/h2-5H,1H3,(H,17,18). The molecule has 0 atom stereocenters. The van der Waals surface area contributed by atoms with Gasteiger partial charge in [0.25, 0.3) is 0 Å². The van der Waals surface area contributed by atoms with Gasteiger partial charge in [0.2, 0.25) is 0 Å². The highest BCUT2D eigenvalue weighted by molar-refractivity contribution is 5.79. The van der Waals surface area contributed by atoms with E-state index in [1.807, 2.05) is 0 Å². The second-order valence-electron chi connectivity index (χ2n) is 4.08. The summed E-state index contributed by atoms with van der Waals surface area (Å²) in [6, 6.07) is 3.35. The second-order valence-corrected chi connectivity index (χ2v) is 4.08. The predicted molar refractivity (Wildman–Crippen MR) is 61.3 cm³/mol. The molecule has 0 aliphatic carbocycles. The van der Waals surface area contributed by atoms with Crippen molar-refractivity contribution in [1.29, 1.82) is 0 Å². The average molecular weight is 267 g/mol. The van der Waals surface area contributed by atoms with Crippen LogP contribution in [0, 0.1) is 6.92 Å². The number of rotatable bonds is 1. The molecule has 0 saturated carbocycles. The summed E-state index contributed by atoms with van der Waals surface area (Å²) in [6.45, 7) is 1.73. The molecule has 0 saturated heterocycles. The molecule has 0 aliphatic heterocycles. The van der Waals surface area contributed by atoms with Gasteiger partial charge in [0.1, 0.15) is 0 Å². The van der Waals surface area contributed by atoms with Crippen LogP contribution in [0.4, 0.5) is 13.2 Å². The van der Waals surface area contributed by atoms with Crippen LogP contribution < -0.4 is 0 Å². The van der Waals surface area contributed by atoms with Crippen LogP contribution in [0.1, 0.15) is 11.3 Å². The number of aromatic amines is 1. The number of oxazole rings is 1. The summed E-state index contributed by atoms with van der Waals surface area (Å²) < 4.78 is 42.9. The molecule has 0 spiro atoms. The maximum atomic E-state index is 12.6. The van der Waals surface area contributed by atoms with E-state index in [-0.39, 0.29) is 0 Å². The topological polar surface area (TPSA) is 54.7 Å². The number of H-pyrrole nitrogens is 1. The normalized spacial score (nSPS) is 12.2. The highest BCUT2D eigenvalue weighted by atomic mass is 19.4. The summed E-state index contributed by atoms with van der Waals surface area (Å²) in [5.41, 5.74) is 0.652. The van der Waals surface area contributed by atoms with E-state index in [9.17, 15) is 13.2 Å². The quantitative estimate of drug-likeness (QED) is 0.733. The Morgan fingerprint density at radius 3 is 2.68 bits per heavy atom. The molecule has 0 amide bonds. The number of imidazole rings is 1. The molecule has 2 aromatic heterocycles. The number of alkyl halides is 3. The number of aryl methyl sites for hydroxylation is 1. The molecule has 98 valence electrons. The SMILES string of the molecule is Cc1ncoc1-c1nc2ccc(C(F)(F)F)cc2[nH]1. The fraction of sp³-hybridized carbons (Fsp3) is 0.167. The lowest BCUT2D eigenvalue weighted by Crippen LogP contribution is -2.04. The number of benzene rings is 1. The highest BCUT2D eigenvalue weighted by Crippen LogP contribution is 2.31. The Labute approximate surface area is 105 Å². The zero-order valence-electron chi connectivity index (χ0n) is 9.75. The maximum absolute atomic E-state index is 12.6. The van der Waals surface area contributed by atoms with Crippen LogP contribution in [0.25, 0.3) is 22.6 Å². The molecular weight excluding hydrogens is 259 g/mol. The average Bonchev–Trinajstić information content (AvgIpc) is 2.91. The van der Waals surface area contributed by atoms with Gasteiger partial charge in [-0.3, -0.25) is 0 Å². The van der Waals surface area contributed by atoms with E-state index < -0.39 is 11.7 Å². The van der Waals surface area contributed by atoms with Crippen LogP contribution in [0.15, 0.2) is 29.0 Å². The van der Waals surface area contributed by atoms with Crippen molar-refractivity contribution in [2.24, 2.45) is 0 Å². The van der Waals surface area contributed by atoms with Crippen molar-refractivity contribution in [2.75, 3.05) is 0 Å². The Bertz CT molecular complexity index is 742. The number of halogens is 3. The summed E-state index contributed by atoms with van der Waals surface area (Å²) in [4.78, 5) is 10.9. The number of nitrogens with one attached hydrogen (secondary N) is 1. The lowest BCUT2D eigenvalue weighted by atomic mass is 10.2. The van der Waals surface area contributed by atoms with Gasteiger partial charge in [-0.15, -0.1) is 0 Å². The van der Waals surface area contributed by atoms with Crippen molar-refractivity contribution >= 4 is 11.0 Å². The van der Waals surface area contributed by atoms with Crippen molar-refractivity contribution in [1.82, 2.24) is 15.0 Å². The molecule has 0 radical (unpaired) electrons. The number of hydrogen-bond donors (Lipinski definition) is 1. The number of nitrogens with zero attached hydrogens (tertiary/aromatic N) is 2. The Kier molecular flexibility index (Phi) is 2.38. The van der Waals surface area contributed by atoms with E-state index in [1.54, 1.807) is 6.92 Å². The number of hydrogen-bond acceptors (Lipinski definition) is 3. The summed E-state index contributed by atoms with van der Waals surface area (Å²) in [5, 5.41) is 0. The molecule has 1 N–H and O–H groups in total. The summed E-state index contributed by atoms with van der Waals surface area (Å²) in [5.74, 6) is 0.786. The lowest BCUT2D eigenvalue weighted by molar-refractivity contribution is -0.137. The first-order valence-corrected chi connectivity index (χ1v) is 5.42. The van der Waals surface area contributed by atoms with Gasteiger partial charge < -0.3 is 9.40 Å². The van der Waals surface area contributed by atoms with E-state index in [0.29, 0.717) is 28.3 Å². The molecular formula is C12H8F3N3O. The molecule has 2 heterocycles. The zero-order chi connectivity index (χ0) is 13.6. The number of aromatic nitrogens is 3. The molecule has 0 unspecified atom stereocenters. The predicted octanol–water partition coefficient (Wildman–Crippen LogP) is 3.55. The smallest absolute Gasteiger partial charge is 0.416 e. The minimum absolute atomic E-state index is 0.306. The van der Waals surface area contributed by atoms with Gasteiger partial charge in [-0.25, -0.2) is 9.97 Å². The van der Waals surface area contributed by atoms with Crippen LogP contribution in [0.2, 0.25) is 0 Å². The van der Waals surface area contributed by atoms with Gasteiger partial charge in [-0.2, -0.15) is 13.2 Å². The van der Waals surface area contributed by atoms with Gasteiger partial charge in [0.15, 0.2) is 18.0 Å². The zero-order valence-corrected chi connectivity index (χ0v) is 9.75. The lowest BCUT2D eigenvalue weighted by Gasteiger charge is -2.05. The Morgan fingerprint density at radius 1 is 1.26 bits per heavy atom. The minimum Gasteiger partial charge on any atom is -0.440 e. The largest absolute Gasteiger partial charge is 0.440 e. The van der Waals surface area contributed by atoms with Crippen molar-refractivity contribution in [3.8, 4) is 11.6 Å². The second kappa shape index (κ2) is 3.84.